The highest BCUT2D eigenvalue weighted by Gasteiger charge is 2.26. The molecule has 1 unspecified atom stereocenters. The van der Waals surface area contributed by atoms with Crippen LogP contribution in [0.1, 0.15) is 44.9 Å². The standard InChI is InChI=1S/C13H22FN/c14-13(12-7-9-15-10-8-12)11-5-3-1-2-4-6-11/h5,12-13,15H,1-4,6-10H2. The van der Waals surface area contributed by atoms with E-state index in [-0.39, 0.29) is 5.92 Å². The molecule has 0 radical (unpaired) electrons. The number of hydrogen-bond acceptors (Lipinski definition) is 1. The van der Waals surface area contributed by atoms with E-state index in [0.717, 1.165) is 44.3 Å². The molecule has 1 atom stereocenters. The van der Waals surface area contributed by atoms with E-state index in [1.165, 1.54) is 19.3 Å². The fourth-order valence-corrected chi connectivity index (χ4v) is 2.73. The van der Waals surface area contributed by atoms with Gasteiger partial charge in [-0.3, -0.25) is 0 Å². The Morgan fingerprint density at radius 3 is 2.80 bits per heavy atom. The number of hydrogen-bond donors (Lipinski definition) is 1. The van der Waals surface area contributed by atoms with Crippen molar-refractivity contribution < 1.29 is 4.39 Å². The van der Waals surface area contributed by atoms with E-state index in [1.54, 1.807) is 0 Å². The topological polar surface area (TPSA) is 12.0 Å². The lowest BCUT2D eigenvalue weighted by Crippen LogP contribution is -2.33. The van der Waals surface area contributed by atoms with Gasteiger partial charge in [-0.1, -0.05) is 12.5 Å². The van der Waals surface area contributed by atoms with Crippen LogP contribution in [0.25, 0.3) is 0 Å². The largest absolute Gasteiger partial charge is 0.317 e. The van der Waals surface area contributed by atoms with Gasteiger partial charge in [0.15, 0.2) is 0 Å². The first kappa shape index (κ1) is 11.1. The average molecular weight is 211 g/mol. The quantitative estimate of drug-likeness (QED) is 0.692. The summed E-state index contributed by atoms with van der Waals surface area (Å²) in [4.78, 5) is 0. The van der Waals surface area contributed by atoms with Crippen molar-refractivity contribution in [2.75, 3.05) is 13.1 Å². The first-order chi connectivity index (χ1) is 7.38. The average Bonchev–Trinajstić information content (AvgIpc) is 2.58. The van der Waals surface area contributed by atoms with Crippen molar-refractivity contribution in [1.29, 1.82) is 0 Å². The summed E-state index contributed by atoms with van der Waals surface area (Å²) in [6.45, 7) is 2.00. The molecule has 2 heteroatoms. The van der Waals surface area contributed by atoms with Crippen molar-refractivity contribution >= 4 is 0 Å². The summed E-state index contributed by atoms with van der Waals surface area (Å²) < 4.78 is 14.3. The Hall–Kier alpha value is -0.370. The van der Waals surface area contributed by atoms with E-state index in [1.807, 2.05) is 0 Å². The number of nitrogens with one attached hydrogen (secondary N) is 1. The van der Waals surface area contributed by atoms with E-state index in [4.69, 9.17) is 0 Å². The van der Waals surface area contributed by atoms with Gasteiger partial charge in [0.2, 0.25) is 0 Å². The Kier molecular flexibility index (Phi) is 4.18. The van der Waals surface area contributed by atoms with Crippen LogP contribution in [0.15, 0.2) is 11.6 Å². The van der Waals surface area contributed by atoms with Gasteiger partial charge in [0.25, 0.3) is 0 Å². The molecular formula is C13H22FN. The highest BCUT2D eigenvalue weighted by Crippen LogP contribution is 2.29. The Balaban J connectivity index is 1.92. The zero-order valence-electron chi connectivity index (χ0n) is 9.47. The van der Waals surface area contributed by atoms with Gasteiger partial charge >= 0.3 is 0 Å². The third kappa shape index (κ3) is 3.04. The molecule has 1 saturated heterocycles. The lowest BCUT2D eigenvalue weighted by molar-refractivity contribution is 0.215. The number of rotatable bonds is 2. The van der Waals surface area contributed by atoms with Gasteiger partial charge in [-0.2, -0.15) is 0 Å². The molecule has 0 saturated carbocycles. The normalized spacial score (nSPS) is 26.9. The monoisotopic (exact) mass is 211 g/mol. The van der Waals surface area contributed by atoms with Crippen LogP contribution in [0.4, 0.5) is 4.39 Å². The summed E-state index contributed by atoms with van der Waals surface area (Å²) >= 11 is 0. The zero-order valence-corrected chi connectivity index (χ0v) is 9.47. The van der Waals surface area contributed by atoms with E-state index in [0.29, 0.717) is 0 Å². The minimum absolute atomic E-state index is 0.288. The summed E-state index contributed by atoms with van der Waals surface area (Å²) in [5.74, 6) is 0.288. The minimum atomic E-state index is -0.648. The van der Waals surface area contributed by atoms with Crippen LogP contribution in [0.5, 0.6) is 0 Å². The van der Waals surface area contributed by atoms with Gasteiger partial charge in [0, 0.05) is 0 Å². The maximum atomic E-state index is 14.3. The highest BCUT2D eigenvalue weighted by atomic mass is 19.1. The van der Waals surface area contributed by atoms with E-state index in [2.05, 4.69) is 11.4 Å². The van der Waals surface area contributed by atoms with Gasteiger partial charge in [0.05, 0.1) is 0 Å². The molecule has 0 aromatic rings. The smallest absolute Gasteiger partial charge is 0.124 e. The van der Waals surface area contributed by atoms with Crippen LogP contribution in [-0.2, 0) is 0 Å². The molecule has 1 heterocycles. The molecule has 1 aliphatic heterocycles. The highest BCUT2D eigenvalue weighted by molar-refractivity contribution is 5.11. The fourth-order valence-electron chi connectivity index (χ4n) is 2.73. The van der Waals surface area contributed by atoms with Gasteiger partial charge in [-0.25, -0.2) is 4.39 Å². The second-order valence-electron chi connectivity index (χ2n) is 4.87. The predicted octanol–water partition coefficient (Wildman–Crippen LogP) is 3.21. The second kappa shape index (κ2) is 5.64. The Morgan fingerprint density at radius 1 is 1.20 bits per heavy atom. The molecule has 0 aromatic heterocycles. The molecule has 0 spiro atoms. The third-order valence-electron chi connectivity index (χ3n) is 3.73. The van der Waals surface area contributed by atoms with Gasteiger partial charge < -0.3 is 5.32 Å². The molecule has 1 fully saturated rings. The van der Waals surface area contributed by atoms with E-state index < -0.39 is 6.17 Å². The maximum Gasteiger partial charge on any atom is 0.124 e. The molecule has 86 valence electrons. The van der Waals surface area contributed by atoms with Crippen molar-refractivity contribution in [2.24, 2.45) is 5.92 Å². The molecule has 15 heavy (non-hydrogen) atoms. The minimum Gasteiger partial charge on any atom is -0.317 e. The fraction of sp³-hybridized carbons (Fsp3) is 0.846. The number of allylic oxidation sites excluding steroid dienone is 2. The summed E-state index contributed by atoms with van der Waals surface area (Å²) in [7, 11) is 0. The lowest BCUT2D eigenvalue weighted by Gasteiger charge is -2.27. The van der Waals surface area contributed by atoms with Gasteiger partial charge in [-0.05, 0) is 63.1 Å². The molecule has 2 aliphatic rings. The van der Waals surface area contributed by atoms with Crippen molar-refractivity contribution in [3.63, 3.8) is 0 Å². The SMILES string of the molecule is FC(C1=CCCCCC1)C1CCNCC1. The molecule has 1 aliphatic carbocycles. The summed E-state index contributed by atoms with van der Waals surface area (Å²) in [5, 5.41) is 3.30. The Bertz CT molecular complexity index is 219. The molecule has 0 bridgehead atoms. The van der Waals surface area contributed by atoms with E-state index >= 15 is 0 Å². The number of piperidine rings is 1. The predicted molar refractivity (Wildman–Crippen MR) is 61.7 cm³/mol. The third-order valence-corrected chi connectivity index (χ3v) is 3.73. The first-order valence-electron chi connectivity index (χ1n) is 6.41. The zero-order chi connectivity index (χ0) is 10.5. The van der Waals surface area contributed by atoms with Crippen LogP contribution < -0.4 is 5.32 Å². The van der Waals surface area contributed by atoms with E-state index in [9.17, 15) is 4.39 Å². The van der Waals surface area contributed by atoms with Crippen LogP contribution in [0, 0.1) is 5.92 Å². The Morgan fingerprint density at radius 2 is 2.00 bits per heavy atom. The molecule has 0 aromatic carbocycles. The van der Waals surface area contributed by atoms with Crippen LogP contribution >= 0.6 is 0 Å². The second-order valence-corrected chi connectivity index (χ2v) is 4.87. The van der Waals surface area contributed by atoms with Crippen molar-refractivity contribution in [3.8, 4) is 0 Å². The maximum absolute atomic E-state index is 14.3. The number of halogens is 1. The van der Waals surface area contributed by atoms with Crippen LogP contribution in [0.2, 0.25) is 0 Å². The van der Waals surface area contributed by atoms with Crippen molar-refractivity contribution in [3.05, 3.63) is 11.6 Å². The number of alkyl halides is 1. The Labute approximate surface area is 92.1 Å². The molecule has 0 amide bonds. The van der Waals surface area contributed by atoms with Crippen LogP contribution in [0.3, 0.4) is 0 Å². The van der Waals surface area contributed by atoms with Crippen molar-refractivity contribution in [1.82, 2.24) is 5.32 Å². The molecule has 1 nitrogen and oxygen atoms in total. The molecule has 1 N–H and O–H groups in total. The molecule has 2 rings (SSSR count). The summed E-state index contributed by atoms with van der Waals surface area (Å²) in [6, 6.07) is 0. The van der Waals surface area contributed by atoms with Crippen LogP contribution in [-0.4, -0.2) is 19.3 Å². The summed E-state index contributed by atoms with van der Waals surface area (Å²) in [6.07, 6.45) is 9.38. The summed E-state index contributed by atoms with van der Waals surface area (Å²) in [5.41, 5.74) is 1.11. The lowest BCUT2D eigenvalue weighted by atomic mass is 9.87. The van der Waals surface area contributed by atoms with Gasteiger partial charge in [-0.15, -0.1) is 0 Å². The molecular weight excluding hydrogens is 189 g/mol. The first-order valence-corrected chi connectivity index (χ1v) is 6.41. The van der Waals surface area contributed by atoms with Gasteiger partial charge in [0.1, 0.15) is 6.17 Å². The van der Waals surface area contributed by atoms with Crippen molar-refractivity contribution in [2.45, 2.75) is 51.1 Å².